The molecule has 0 unspecified atom stereocenters. The summed E-state index contributed by atoms with van der Waals surface area (Å²) < 4.78 is 4.98. The minimum absolute atomic E-state index is 0.326. The molecule has 0 radical (unpaired) electrons. The number of hydrogen-bond donors (Lipinski definition) is 1. The quantitative estimate of drug-likeness (QED) is 0.687. The van der Waals surface area contributed by atoms with E-state index in [-0.39, 0.29) is 0 Å². The topological polar surface area (TPSA) is 45.0 Å². The molecule has 1 rings (SSSR count). The lowest BCUT2D eigenvalue weighted by molar-refractivity contribution is 0.415. The Morgan fingerprint density at radius 2 is 2.08 bits per heavy atom. The fourth-order valence-corrected chi connectivity index (χ4v) is 0.850. The van der Waals surface area contributed by atoms with Crippen LogP contribution < -0.4 is 10.1 Å². The molecule has 0 aliphatic heterocycles. The molecule has 0 aliphatic rings. The molecule has 0 atom stereocenters. The number of benzene rings is 1. The molecule has 0 heterocycles. The van der Waals surface area contributed by atoms with Gasteiger partial charge in [0.1, 0.15) is 12.3 Å². The van der Waals surface area contributed by atoms with E-state index in [0.717, 1.165) is 11.4 Å². The van der Waals surface area contributed by atoms with Gasteiger partial charge in [-0.2, -0.15) is 5.26 Å². The summed E-state index contributed by atoms with van der Waals surface area (Å²) >= 11 is 0. The summed E-state index contributed by atoms with van der Waals surface area (Å²) in [5.74, 6) is 0.817. The van der Waals surface area contributed by atoms with Crippen LogP contribution in [0.15, 0.2) is 24.3 Å². The van der Waals surface area contributed by atoms with Crippen LogP contribution in [0, 0.1) is 11.3 Å². The molecular formula is C9H10N2O. The molecule has 0 amide bonds. The molecule has 0 saturated carbocycles. The maximum absolute atomic E-state index is 8.29. The second-order valence-electron chi connectivity index (χ2n) is 2.24. The number of rotatable bonds is 3. The fourth-order valence-electron chi connectivity index (χ4n) is 0.850. The molecule has 3 heteroatoms. The van der Waals surface area contributed by atoms with Crippen molar-refractivity contribution in [3.8, 4) is 11.8 Å². The predicted octanol–water partition coefficient (Wildman–Crippen LogP) is 1.63. The number of nitrogens with zero attached hydrogens (tertiary/aromatic N) is 1. The molecule has 62 valence electrons. The van der Waals surface area contributed by atoms with Crippen molar-refractivity contribution in [1.82, 2.24) is 0 Å². The summed E-state index contributed by atoms with van der Waals surface area (Å²) in [5, 5.41) is 11.2. The number of hydrogen-bond acceptors (Lipinski definition) is 3. The normalized spacial score (nSPS) is 8.67. The van der Waals surface area contributed by atoms with Gasteiger partial charge in [-0.15, -0.1) is 0 Å². The number of ether oxygens (including phenoxy) is 1. The lowest BCUT2D eigenvalue weighted by Gasteiger charge is -2.02. The molecule has 3 nitrogen and oxygen atoms in total. The zero-order chi connectivity index (χ0) is 8.81. The van der Waals surface area contributed by atoms with Crippen LogP contribution in [0.1, 0.15) is 0 Å². The number of anilines is 1. The molecule has 0 saturated heterocycles. The van der Waals surface area contributed by atoms with Gasteiger partial charge in [0.15, 0.2) is 0 Å². The van der Waals surface area contributed by atoms with Gasteiger partial charge in [-0.3, -0.25) is 0 Å². The Morgan fingerprint density at radius 3 is 2.58 bits per heavy atom. The summed E-state index contributed by atoms with van der Waals surface area (Å²) in [6, 6.07) is 9.44. The minimum Gasteiger partial charge on any atom is -0.497 e. The van der Waals surface area contributed by atoms with Crippen molar-refractivity contribution in [3.05, 3.63) is 24.3 Å². The van der Waals surface area contributed by atoms with E-state index in [1.54, 1.807) is 7.11 Å². The van der Waals surface area contributed by atoms with Gasteiger partial charge < -0.3 is 10.1 Å². The van der Waals surface area contributed by atoms with E-state index in [1.807, 2.05) is 30.3 Å². The highest BCUT2D eigenvalue weighted by Crippen LogP contribution is 2.14. The van der Waals surface area contributed by atoms with E-state index >= 15 is 0 Å². The molecule has 1 aromatic rings. The number of nitrogens with one attached hydrogen (secondary N) is 1. The molecule has 0 bridgehead atoms. The smallest absolute Gasteiger partial charge is 0.119 e. The third-order valence-electron chi connectivity index (χ3n) is 1.46. The number of methoxy groups -OCH3 is 1. The van der Waals surface area contributed by atoms with Crippen molar-refractivity contribution >= 4 is 5.69 Å². The summed E-state index contributed by atoms with van der Waals surface area (Å²) in [7, 11) is 1.62. The molecule has 1 aromatic carbocycles. The Labute approximate surface area is 71.6 Å². The largest absolute Gasteiger partial charge is 0.497 e. The van der Waals surface area contributed by atoms with Gasteiger partial charge >= 0.3 is 0 Å². The third kappa shape index (κ3) is 2.17. The van der Waals surface area contributed by atoms with Crippen LogP contribution in [0.25, 0.3) is 0 Å². The fraction of sp³-hybridized carbons (Fsp3) is 0.222. The van der Waals surface area contributed by atoms with E-state index in [9.17, 15) is 0 Å². The summed E-state index contributed by atoms with van der Waals surface area (Å²) in [4.78, 5) is 0. The van der Waals surface area contributed by atoms with Crippen LogP contribution in [0.2, 0.25) is 0 Å². The van der Waals surface area contributed by atoms with Gasteiger partial charge in [0.2, 0.25) is 0 Å². The highest BCUT2D eigenvalue weighted by Gasteiger charge is 1.91. The highest BCUT2D eigenvalue weighted by molar-refractivity contribution is 5.46. The maximum atomic E-state index is 8.29. The highest BCUT2D eigenvalue weighted by atomic mass is 16.5. The average Bonchev–Trinajstić information content (AvgIpc) is 2.15. The van der Waals surface area contributed by atoms with Crippen LogP contribution in [-0.4, -0.2) is 13.7 Å². The molecule has 0 spiro atoms. The van der Waals surface area contributed by atoms with Crippen molar-refractivity contribution in [2.24, 2.45) is 0 Å². The molecule has 0 aliphatic carbocycles. The van der Waals surface area contributed by atoms with Crippen molar-refractivity contribution in [2.45, 2.75) is 0 Å². The van der Waals surface area contributed by atoms with Crippen molar-refractivity contribution in [1.29, 1.82) is 5.26 Å². The average molecular weight is 162 g/mol. The Bertz CT molecular complexity index is 274. The van der Waals surface area contributed by atoms with Gasteiger partial charge in [-0.05, 0) is 24.3 Å². The van der Waals surface area contributed by atoms with Gasteiger partial charge in [-0.25, -0.2) is 0 Å². The molecule has 1 N–H and O–H groups in total. The maximum Gasteiger partial charge on any atom is 0.119 e. The summed E-state index contributed by atoms with van der Waals surface area (Å²) in [6.45, 7) is 0.326. The third-order valence-corrected chi connectivity index (χ3v) is 1.46. The van der Waals surface area contributed by atoms with Crippen LogP contribution in [-0.2, 0) is 0 Å². The standard InChI is InChI=1S/C9H10N2O/c1-12-9-4-2-8(3-5-9)11-7-6-10/h2-5,11H,7H2,1H3. The zero-order valence-electron chi connectivity index (χ0n) is 6.87. The molecular weight excluding hydrogens is 152 g/mol. The second kappa shape index (κ2) is 4.24. The molecule has 12 heavy (non-hydrogen) atoms. The van der Waals surface area contributed by atoms with E-state index in [0.29, 0.717) is 6.54 Å². The van der Waals surface area contributed by atoms with Crippen molar-refractivity contribution in [2.75, 3.05) is 19.0 Å². The molecule has 0 fully saturated rings. The summed E-state index contributed by atoms with van der Waals surface area (Å²) in [5.41, 5.74) is 0.928. The Morgan fingerprint density at radius 1 is 1.42 bits per heavy atom. The Balaban J connectivity index is 2.60. The molecule has 0 aromatic heterocycles. The summed E-state index contributed by atoms with van der Waals surface area (Å²) in [6.07, 6.45) is 0. The Kier molecular flexibility index (Phi) is 2.97. The van der Waals surface area contributed by atoms with Crippen LogP contribution in [0.5, 0.6) is 5.75 Å². The van der Waals surface area contributed by atoms with E-state index in [4.69, 9.17) is 10.00 Å². The van der Waals surface area contributed by atoms with Gasteiger partial charge in [0, 0.05) is 5.69 Å². The first-order chi connectivity index (χ1) is 5.86. The predicted molar refractivity (Wildman–Crippen MR) is 47.1 cm³/mol. The van der Waals surface area contributed by atoms with E-state index < -0.39 is 0 Å². The van der Waals surface area contributed by atoms with Gasteiger partial charge in [-0.1, -0.05) is 0 Å². The second-order valence-corrected chi connectivity index (χ2v) is 2.24. The van der Waals surface area contributed by atoms with Gasteiger partial charge in [0.25, 0.3) is 0 Å². The monoisotopic (exact) mass is 162 g/mol. The SMILES string of the molecule is COc1ccc(NCC#N)cc1. The van der Waals surface area contributed by atoms with Crippen molar-refractivity contribution < 1.29 is 4.74 Å². The van der Waals surface area contributed by atoms with E-state index in [2.05, 4.69) is 5.32 Å². The van der Waals surface area contributed by atoms with E-state index in [1.165, 1.54) is 0 Å². The van der Waals surface area contributed by atoms with Crippen LogP contribution in [0.3, 0.4) is 0 Å². The Hall–Kier alpha value is -1.69. The van der Waals surface area contributed by atoms with Crippen LogP contribution in [0.4, 0.5) is 5.69 Å². The zero-order valence-corrected chi connectivity index (χ0v) is 6.87. The van der Waals surface area contributed by atoms with Crippen molar-refractivity contribution in [3.63, 3.8) is 0 Å². The number of nitriles is 1. The lowest BCUT2D eigenvalue weighted by Crippen LogP contribution is -1.97. The first kappa shape index (κ1) is 8.41. The lowest BCUT2D eigenvalue weighted by atomic mass is 10.3. The first-order valence-electron chi connectivity index (χ1n) is 3.61. The first-order valence-corrected chi connectivity index (χ1v) is 3.61. The minimum atomic E-state index is 0.326. The van der Waals surface area contributed by atoms with Crippen LogP contribution >= 0.6 is 0 Å². The van der Waals surface area contributed by atoms with Gasteiger partial charge in [0.05, 0.1) is 13.2 Å².